The molecule has 1 saturated heterocycles. The third kappa shape index (κ3) is 3.27. The van der Waals surface area contributed by atoms with Gasteiger partial charge in [0.1, 0.15) is 0 Å². The first-order valence-corrected chi connectivity index (χ1v) is 7.40. The highest BCUT2D eigenvalue weighted by Crippen LogP contribution is 2.23. The third-order valence-corrected chi connectivity index (χ3v) is 4.69. The Bertz CT molecular complexity index is 422. The van der Waals surface area contributed by atoms with Gasteiger partial charge in [-0.1, -0.05) is 25.1 Å². The van der Waals surface area contributed by atoms with Crippen LogP contribution in [0.3, 0.4) is 0 Å². The van der Waals surface area contributed by atoms with E-state index in [0.717, 1.165) is 31.0 Å². The first kappa shape index (κ1) is 13.4. The lowest BCUT2D eigenvalue weighted by molar-refractivity contribution is 0.0694. The van der Waals surface area contributed by atoms with Crippen molar-refractivity contribution in [2.45, 2.75) is 25.1 Å². The second-order valence-corrected chi connectivity index (χ2v) is 6.01. The van der Waals surface area contributed by atoms with Crippen molar-refractivity contribution >= 4 is 17.7 Å². The Morgan fingerprint density at radius 1 is 1.50 bits per heavy atom. The molecule has 0 amide bonds. The molecule has 1 aromatic carbocycles. The average molecular weight is 265 g/mol. The molecule has 1 atom stereocenters. The Morgan fingerprint density at radius 2 is 2.28 bits per heavy atom. The largest absolute Gasteiger partial charge is 0.478 e. The minimum Gasteiger partial charge on any atom is -0.478 e. The van der Waals surface area contributed by atoms with Gasteiger partial charge in [0, 0.05) is 30.6 Å². The fraction of sp³-hybridized carbons (Fsp3) is 0.500. The van der Waals surface area contributed by atoms with E-state index in [2.05, 4.69) is 11.8 Å². The van der Waals surface area contributed by atoms with Crippen LogP contribution in [0.4, 0.5) is 0 Å². The summed E-state index contributed by atoms with van der Waals surface area (Å²) >= 11 is 2.03. The Hall–Kier alpha value is -1.00. The topological polar surface area (TPSA) is 40.5 Å². The molecule has 1 aliphatic rings. The molecule has 0 bridgehead atoms. The normalized spacial score (nSPS) is 20.8. The van der Waals surface area contributed by atoms with Crippen molar-refractivity contribution in [2.75, 3.05) is 18.8 Å². The monoisotopic (exact) mass is 265 g/mol. The van der Waals surface area contributed by atoms with E-state index in [9.17, 15) is 9.90 Å². The van der Waals surface area contributed by atoms with Crippen molar-refractivity contribution in [1.82, 2.24) is 4.90 Å². The lowest BCUT2D eigenvalue weighted by Crippen LogP contribution is -2.37. The molecule has 4 heteroatoms. The fourth-order valence-electron chi connectivity index (χ4n) is 2.28. The molecule has 0 aromatic heterocycles. The molecular weight excluding hydrogens is 246 g/mol. The average Bonchev–Trinajstić information content (AvgIpc) is 2.39. The van der Waals surface area contributed by atoms with Gasteiger partial charge >= 0.3 is 5.97 Å². The number of nitrogens with zero attached hydrogens (tertiary/aromatic N) is 1. The van der Waals surface area contributed by atoms with Crippen LogP contribution in [0.1, 0.15) is 29.3 Å². The number of hydrogen-bond donors (Lipinski definition) is 1. The molecule has 1 aromatic rings. The molecule has 1 N–H and O–H groups in total. The molecule has 3 nitrogen and oxygen atoms in total. The molecule has 1 aliphatic heterocycles. The summed E-state index contributed by atoms with van der Waals surface area (Å²) in [6.07, 6.45) is 1.18. The Labute approximate surface area is 112 Å². The van der Waals surface area contributed by atoms with Gasteiger partial charge in [-0.25, -0.2) is 4.79 Å². The van der Waals surface area contributed by atoms with Crippen LogP contribution in [-0.2, 0) is 6.54 Å². The van der Waals surface area contributed by atoms with Gasteiger partial charge in [0.2, 0.25) is 0 Å². The zero-order chi connectivity index (χ0) is 13.0. The predicted octanol–water partition coefficient (Wildman–Crippen LogP) is 2.71. The Balaban J connectivity index is 2.07. The summed E-state index contributed by atoms with van der Waals surface area (Å²) in [6, 6.07) is 7.31. The standard InChI is InChI=1S/C14H19NO2S/c1-2-12-10-15(7-8-18-12)9-11-5-3-4-6-13(11)14(16)17/h3-6,12H,2,7-10H2,1H3,(H,16,17). The van der Waals surface area contributed by atoms with Gasteiger partial charge in [0.15, 0.2) is 0 Å². The number of carboxylic acid groups (broad SMARTS) is 1. The highest BCUT2D eigenvalue weighted by atomic mass is 32.2. The van der Waals surface area contributed by atoms with Crippen molar-refractivity contribution in [1.29, 1.82) is 0 Å². The second-order valence-electron chi connectivity index (χ2n) is 4.60. The van der Waals surface area contributed by atoms with Crippen molar-refractivity contribution in [3.63, 3.8) is 0 Å². The van der Waals surface area contributed by atoms with E-state index in [-0.39, 0.29) is 0 Å². The van der Waals surface area contributed by atoms with Gasteiger partial charge < -0.3 is 5.11 Å². The smallest absolute Gasteiger partial charge is 0.336 e. The van der Waals surface area contributed by atoms with Crippen molar-refractivity contribution in [3.05, 3.63) is 35.4 Å². The molecule has 0 aliphatic carbocycles. The third-order valence-electron chi connectivity index (χ3n) is 3.32. The number of carboxylic acids is 1. The summed E-state index contributed by atoms with van der Waals surface area (Å²) in [5, 5.41) is 9.86. The highest BCUT2D eigenvalue weighted by molar-refractivity contribution is 8.00. The summed E-state index contributed by atoms with van der Waals surface area (Å²) in [5.74, 6) is 0.317. The minimum atomic E-state index is -0.830. The minimum absolute atomic E-state index is 0.434. The summed E-state index contributed by atoms with van der Waals surface area (Å²) in [6.45, 7) is 5.08. The van der Waals surface area contributed by atoms with Crippen LogP contribution in [-0.4, -0.2) is 40.1 Å². The Kier molecular flexibility index (Phi) is 4.66. The van der Waals surface area contributed by atoms with Crippen LogP contribution >= 0.6 is 11.8 Å². The Morgan fingerprint density at radius 3 is 3.00 bits per heavy atom. The van der Waals surface area contributed by atoms with Crippen LogP contribution in [0.15, 0.2) is 24.3 Å². The van der Waals surface area contributed by atoms with Crippen molar-refractivity contribution < 1.29 is 9.90 Å². The van der Waals surface area contributed by atoms with Crippen LogP contribution in [0, 0.1) is 0 Å². The maximum atomic E-state index is 11.2. The summed E-state index contributed by atoms with van der Waals surface area (Å²) in [7, 11) is 0. The van der Waals surface area contributed by atoms with Gasteiger partial charge in [-0.3, -0.25) is 4.90 Å². The van der Waals surface area contributed by atoms with E-state index >= 15 is 0 Å². The molecule has 1 unspecified atom stereocenters. The SMILES string of the molecule is CCC1CN(Cc2ccccc2C(=O)O)CCS1. The first-order chi connectivity index (χ1) is 8.70. The second kappa shape index (κ2) is 6.25. The van der Waals surface area contributed by atoms with E-state index in [4.69, 9.17) is 0 Å². The summed E-state index contributed by atoms with van der Waals surface area (Å²) in [4.78, 5) is 13.5. The number of carbonyl (C=O) groups is 1. The highest BCUT2D eigenvalue weighted by Gasteiger charge is 2.20. The fourth-order valence-corrected chi connectivity index (χ4v) is 3.53. The molecule has 0 radical (unpaired) electrons. The van der Waals surface area contributed by atoms with Gasteiger partial charge in [-0.05, 0) is 18.1 Å². The van der Waals surface area contributed by atoms with E-state index in [1.54, 1.807) is 12.1 Å². The maximum absolute atomic E-state index is 11.2. The van der Waals surface area contributed by atoms with Crippen LogP contribution in [0.25, 0.3) is 0 Å². The molecule has 18 heavy (non-hydrogen) atoms. The van der Waals surface area contributed by atoms with Gasteiger partial charge in [0.05, 0.1) is 5.56 Å². The lowest BCUT2D eigenvalue weighted by Gasteiger charge is -2.32. The molecular formula is C14H19NO2S. The molecule has 0 spiro atoms. The van der Waals surface area contributed by atoms with Crippen LogP contribution in [0.2, 0.25) is 0 Å². The quantitative estimate of drug-likeness (QED) is 0.908. The number of thioether (sulfide) groups is 1. The van der Waals surface area contributed by atoms with E-state index in [1.165, 1.54) is 6.42 Å². The molecule has 0 saturated carbocycles. The van der Waals surface area contributed by atoms with Crippen LogP contribution in [0.5, 0.6) is 0 Å². The van der Waals surface area contributed by atoms with Gasteiger partial charge in [-0.15, -0.1) is 0 Å². The van der Waals surface area contributed by atoms with Crippen molar-refractivity contribution in [2.24, 2.45) is 0 Å². The molecule has 98 valence electrons. The van der Waals surface area contributed by atoms with Crippen LogP contribution < -0.4 is 0 Å². The molecule has 1 heterocycles. The number of hydrogen-bond acceptors (Lipinski definition) is 3. The molecule has 1 fully saturated rings. The predicted molar refractivity (Wildman–Crippen MR) is 75.2 cm³/mol. The maximum Gasteiger partial charge on any atom is 0.336 e. The first-order valence-electron chi connectivity index (χ1n) is 6.36. The van der Waals surface area contributed by atoms with E-state index in [0.29, 0.717) is 10.8 Å². The summed E-state index contributed by atoms with van der Waals surface area (Å²) < 4.78 is 0. The zero-order valence-corrected chi connectivity index (χ0v) is 11.4. The zero-order valence-electron chi connectivity index (χ0n) is 10.6. The van der Waals surface area contributed by atoms with Gasteiger partial charge in [0.25, 0.3) is 0 Å². The molecule has 2 rings (SSSR count). The number of benzene rings is 1. The van der Waals surface area contributed by atoms with Crippen molar-refractivity contribution in [3.8, 4) is 0 Å². The van der Waals surface area contributed by atoms with Gasteiger partial charge in [-0.2, -0.15) is 11.8 Å². The number of rotatable bonds is 4. The number of aromatic carboxylic acids is 1. The summed E-state index contributed by atoms with van der Waals surface area (Å²) in [5.41, 5.74) is 1.36. The lowest BCUT2D eigenvalue weighted by atomic mass is 10.1. The van der Waals surface area contributed by atoms with E-state index in [1.807, 2.05) is 23.9 Å². The van der Waals surface area contributed by atoms with E-state index < -0.39 is 5.97 Å².